The van der Waals surface area contributed by atoms with Crippen LogP contribution < -0.4 is 9.47 Å². The first-order chi connectivity index (χ1) is 17.9. The summed E-state index contributed by atoms with van der Waals surface area (Å²) < 4.78 is 2.39. The molecule has 0 saturated carbocycles. The minimum absolute atomic E-state index is 0.0877. The van der Waals surface area contributed by atoms with E-state index in [1.165, 1.54) is 50.7 Å². The number of benzene rings is 3. The maximum atomic E-state index is 2.40. The highest BCUT2D eigenvalue weighted by atomic mass is 15.2. The van der Waals surface area contributed by atoms with E-state index in [0.29, 0.717) is 0 Å². The Bertz CT molecular complexity index is 1430. The predicted molar refractivity (Wildman–Crippen MR) is 156 cm³/mol. The summed E-state index contributed by atoms with van der Waals surface area (Å²) in [6, 6.07) is 33.0. The SMILES string of the molecule is CCc1ccc(C[n+]2c(C)cc(C=CC=C3N(c4ccccc4)c4ccccc4C3(C)C)cc2C)cc1. The van der Waals surface area contributed by atoms with Crippen molar-refractivity contribution >= 4 is 17.5 Å². The monoisotopic (exact) mass is 485 g/mol. The Hall–Kier alpha value is -3.91. The number of pyridine rings is 1. The lowest BCUT2D eigenvalue weighted by Crippen LogP contribution is -2.40. The van der Waals surface area contributed by atoms with Crippen LogP contribution in [0.25, 0.3) is 6.08 Å². The normalized spacial score (nSPS) is 15.5. The first kappa shape index (κ1) is 24.8. The van der Waals surface area contributed by atoms with Gasteiger partial charge in [-0.25, -0.2) is 0 Å². The smallest absolute Gasteiger partial charge is 0.179 e. The highest BCUT2D eigenvalue weighted by Crippen LogP contribution is 2.50. The van der Waals surface area contributed by atoms with Gasteiger partial charge in [0.1, 0.15) is 0 Å². The summed E-state index contributed by atoms with van der Waals surface area (Å²) in [6.45, 7) is 12.1. The van der Waals surface area contributed by atoms with Crippen molar-refractivity contribution in [3.8, 4) is 0 Å². The van der Waals surface area contributed by atoms with Gasteiger partial charge in [-0.2, -0.15) is 4.57 Å². The van der Waals surface area contributed by atoms with Crippen LogP contribution >= 0.6 is 0 Å². The summed E-state index contributed by atoms with van der Waals surface area (Å²) in [5.41, 5.74) is 11.5. The van der Waals surface area contributed by atoms with Crippen LogP contribution in [0.15, 0.2) is 109 Å². The van der Waals surface area contributed by atoms with Crippen molar-refractivity contribution in [2.75, 3.05) is 4.90 Å². The summed E-state index contributed by atoms with van der Waals surface area (Å²) in [6.07, 6.45) is 7.81. The molecule has 5 rings (SSSR count). The topological polar surface area (TPSA) is 7.12 Å². The standard InChI is InChI=1S/C35H37N2/c1-6-28-19-21-29(22-20-28)25-36-26(2)23-30(24-27(36)3)13-12-18-34-35(4,5)32-16-10-11-17-33(32)37(34)31-14-8-7-9-15-31/h7-24H,6,25H2,1-5H3/q+1. The number of hydrogen-bond acceptors (Lipinski definition) is 1. The molecule has 1 aromatic heterocycles. The molecule has 4 aromatic rings. The van der Waals surface area contributed by atoms with Crippen LogP contribution in [-0.2, 0) is 18.4 Å². The fourth-order valence-electron chi connectivity index (χ4n) is 5.50. The molecule has 0 spiro atoms. The van der Waals surface area contributed by atoms with Gasteiger partial charge in [0.25, 0.3) is 0 Å². The molecule has 0 aliphatic carbocycles. The Morgan fingerprint density at radius 1 is 0.784 bits per heavy atom. The summed E-state index contributed by atoms with van der Waals surface area (Å²) in [5.74, 6) is 0. The average molecular weight is 486 g/mol. The minimum atomic E-state index is -0.0877. The first-order valence-electron chi connectivity index (χ1n) is 13.3. The zero-order chi connectivity index (χ0) is 26.0. The zero-order valence-corrected chi connectivity index (χ0v) is 22.7. The van der Waals surface area contributed by atoms with E-state index in [1.807, 2.05) is 0 Å². The Labute approximate surface area is 222 Å². The van der Waals surface area contributed by atoms with Gasteiger partial charge in [-0.05, 0) is 47.4 Å². The molecule has 0 amide bonds. The second-order valence-electron chi connectivity index (χ2n) is 10.6. The van der Waals surface area contributed by atoms with Gasteiger partial charge in [0.15, 0.2) is 17.9 Å². The van der Waals surface area contributed by atoms with Crippen molar-refractivity contribution in [1.29, 1.82) is 0 Å². The highest BCUT2D eigenvalue weighted by Gasteiger charge is 2.40. The zero-order valence-electron chi connectivity index (χ0n) is 22.7. The molecule has 0 unspecified atom stereocenters. The fraction of sp³-hybridized carbons (Fsp3) is 0.229. The van der Waals surface area contributed by atoms with E-state index < -0.39 is 0 Å². The molecule has 0 atom stereocenters. The minimum Gasteiger partial charge on any atom is -0.313 e. The van der Waals surface area contributed by atoms with Gasteiger partial charge >= 0.3 is 0 Å². The van der Waals surface area contributed by atoms with E-state index in [4.69, 9.17) is 0 Å². The van der Waals surface area contributed by atoms with E-state index in [9.17, 15) is 0 Å². The summed E-state index contributed by atoms with van der Waals surface area (Å²) in [4.78, 5) is 2.40. The molecule has 0 N–H and O–H groups in total. The molecule has 2 heterocycles. The Morgan fingerprint density at radius 3 is 2.08 bits per heavy atom. The number of allylic oxidation sites excluding steroid dienone is 3. The molecule has 2 heteroatoms. The molecule has 0 bridgehead atoms. The average Bonchev–Trinajstić information content (AvgIpc) is 3.13. The van der Waals surface area contributed by atoms with Crippen LogP contribution in [0.5, 0.6) is 0 Å². The number of aryl methyl sites for hydroxylation is 3. The molecule has 0 fully saturated rings. The van der Waals surface area contributed by atoms with Crippen molar-refractivity contribution in [2.24, 2.45) is 0 Å². The number of aromatic nitrogens is 1. The number of anilines is 2. The van der Waals surface area contributed by atoms with Gasteiger partial charge < -0.3 is 4.90 Å². The third-order valence-electron chi connectivity index (χ3n) is 7.63. The molecule has 3 aromatic carbocycles. The number of rotatable bonds is 6. The van der Waals surface area contributed by atoms with Crippen molar-refractivity contribution in [3.05, 3.63) is 142 Å². The van der Waals surface area contributed by atoms with Gasteiger partial charge in [0.2, 0.25) is 0 Å². The van der Waals surface area contributed by atoms with Crippen molar-refractivity contribution in [1.82, 2.24) is 0 Å². The molecule has 37 heavy (non-hydrogen) atoms. The second kappa shape index (κ2) is 10.2. The largest absolute Gasteiger partial charge is 0.313 e. The predicted octanol–water partition coefficient (Wildman–Crippen LogP) is 8.23. The van der Waals surface area contributed by atoms with Crippen molar-refractivity contribution < 1.29 is 4.57 Å². The molecular weight excluding hydrogens is 448 g/mol. The van der Waals surface area contributed by atoms with Crippen LogP contribution in [0.1, 0.15) is 54.4 Å². The maximum absolute atomic E-state index is 2.40. The number of nitrogens with zero attached hydrogens (tertiary/aromatic N) is 2. The lowest BCUT2D eigenvalue weighted by molar-refractivity contribution is -0.700. The summed E-state index contributed by atoms with van der Waals surface area (Å²) in [5, 5.41) is 0. The van der Waals surface area contributed by atoms with Gasteiger partial charge in [0.05, 0.1) is 0 Å². The first-order valence-corrected chi connectivity index (χ1v) is 13.3. The Balaban J connectivity index is 1.44. The van der Waals surface area contributed by atoms with E-state index in [-0.39, 0.29) is 5.41 Å². The summed E-state index contributed by atoms with van der Waals surface area (Å²) in [7, 11) is 0. The van der Waals surface area contributed by atoms with Crippen molar-refractivity contribution in [3.63, 3.8) is 0 Å². The lowest BCUT2D eigenvalue weighted by atomic mass is 9.83. The molecule has 0 radical (unpaired) electrons. The van der Waals surface area contributed by atoms with Crippen LogP contribution in [0, 0.1) is 13.8 Å². The van der Waals surface area contributed by atoms with E-state index in [0.717, 1.165) is 13.0 Å². The third-order valence-corrected chi connectivity index (χ3v) is 7.63. The second-order valence-corrected chi connectivity index (χ2v) is 10.6. The Morgan fingerprint density at radius 2 is 1.41 bits per heavy atom. The van der Waals surface area contributed by atoms with Crippen LogP contribution in [-0.4, -0.2) is 0 Å². The van der Waals surface area contributed by atoms with Crippen LogP contribution in [0.2, 0.25) is 0 Å². The molecule has 0 saturated heterocycles. The fourth-order valence-corrected chi connectivity index (χ4v) is 5.50. The molecule has 186 valence electrons. The number of fused-ring (bicyclic) bond motifs is 1. The molecule has 2 nitrogen and oxygen atoms in total. The van der Waals surface area contributed by atoms with Gasteiger partial charge in [-0.3, -0.25) is 0 Å². The Kier molecular flexibility index (Phi) is 6.84. The molecular formula is C35H37N2+. The van der Waals surface area contributed by atoms with E-state index in [2.05, 4.69) is 153 Å². The number of para-hydroxylation sites is 2. The lowest BCUT2D eigenvalue weighted by Gasteiger charge is -2.27. The van der Waals surface area contributed by atoms with Crippen molar-refractivity contribution in [2.45, 2.75) is 53.0 Å². The van der Waals surface area contributed by atoms with E-state index in [1.54, 1.807) is 0 Å². The van der Waals surface area contributed by atoms with Crippen LogP contribution in [0.3, 0.4) is 0 Å². The highest BCUT2D eigenvalue weighted by molar-refractivity contribution is 5.80. The molecule has 1 aliphatic heterocycles. The van der Waals surface area contributed by atoms with Gasteiger partial charge in [0, 0.05) is 54.0 Å². The number of hydrogen-bond donors (Lipinski definition) is 0. The summed E-state index contributed by atoms with van der Waals surface area (Å²) >= 11 is 0. The quantitative estimate of drug-likeness (QED) is 0.250. The maximum Gasteiger partial charge on any atom is 0.179 e. The van der Waals surface area contributed by atoms with Gasteiger partial charge in [-0.15, -0.1) is 0 Å². The van der Waals surface area contributed by atoms with E-state index >= 15 is 0 Å². The van der Waals surface area contributed by atoms with Crippen LogP contribution in [0.4, 0.5) is 11.4 Å². The van der Waals surface area contributed by atoms with Gasteiger partial charge in [-0.1, -0.05) is 93.6 Å². The molecule has 1 aliphatic rings. The third kappa shape index (κ3) is 4.89.